The van der Waals surface area contributed by atoms with Gasteiger partial charge in [-0.1, -0.05) is 24.3 Å². The molecule has 2 N–H and O–H groups in total. The lowest BCUT2D eigenvalue weighted by molar-refractivity contribution is -0.136. The number of esters is 1. The third-order valence-corrected chi connectivity index (χ3v) is 2.69. The maximum Gasteiger partial charge on any atom is 0.335 e. The van der Waals surface area contributed by atoms with Crippen LogP contribution in [0.2, 0.25) is 0 Å². The van der Waals surface area contributed by atoms with Gasteiger partial charge < -0.3 is 10.5 Å². The van der Waals surface area contributed by atoms with E-state index in [1.807, 2.05) is 24.3 Å². The van der Waals surface area contributed by atoms with Gasteiger partial charge in [-0.15, -0.1) is 0 Å². The molecule has 0 aromatic heterocycles. The van der Waals surface area contributed by atoms with Gasteiger partial charge in [0.2, 0.25) is 0 Å². The van der Waals surface area contributed by atoms with Crippen LogP contribution < -0.4 is 5.73 Å². The van der Waals surface area contributed by atoms with Gasteiger partial charge in [-0.2, -0.15) is 0 Å². The fourth-order valence-electron chi connectivity index (χ4n) is 1.84. The molecule has 0 aliphatic heterocycles. The van der Waals surface area contributed by atoms with E-state index in [2.05, 4.69) is 0 Å². The minimum atomic E-state index is -0.318. The summed E-state index contributed by atoms with van der Waals surface area (Å²) in [6, 6.07) is 8.01. The fourth-order valence-corrected chi connectivity index (χ4v) is 1.84. The lowest BCUT2D eigenvalue weighted by atomic mass is 9.89. The van der Waals surface area contributed by atoms with Gasteiger partial charge in [0.15, 0.2) is 0 Å². The second-order valence-electron chi connectivity index (χ2n) is 3.62. The van der Waals surface area contributed by atoms with E-state index in [1.54, 1.807) is 0 Å². The van der Waals surface area contributed by atoms with Crippen molar-refractivity contribution in [1.29, 1.82) is 0 Å². The molecule has 0 radical (unpaired) electrons. The van der Waals surface area contributed by atoms with E-state index in [-0.39, 0.29) is 5.97 Å². The van der Waals surface area contributed by atoms with Crippen LogP contribution in [0.15, 0.2) is 35.5 Å². The number of carbonyl (C=O) groups excluding carboxylic acids is 1. The van der Waals surface area contributed by atoms with Crippen molar-refractivity contribution in [1.82, 2.24) is 0 Å². The zero-order valence-electron chi connectivity index (χ0n) is 8.62. The lowest BCUT2D eigenvalue weighted by Crippen LogP contribution is -2.20. The van der Waals surface area contributed by atoms with E-state index >= 15 is 0 Å². The van der Waals surface area contributed by atoms with Crippen LogP contribution in [0.4, 0.5) is 0 Å². The van der Waals surface area contributed by atoms with Gasteiger partial charge in [0, 0.05) is 18.5 Å². The topological polar surface area (TPSA) is 52.3 Å². The number of rotatable bonds is 1. The number of carbonyl (C=O) groups is 1. The predicted molar refractivity (Wildman–Crippen MR) is 57.1 cm³/mol. The number of nitrogens with two attached hydrogens (primary N) is 1. The molecule has 1 aromatic rings. The average molecular weight is 203 g/mol. The third kappa shape index (κ3) is 1.73. The first kappa shape index (κ1) is 9.77. The Morgan fingerprint density at radius 2 is 1.87 bits per heavy atom. The highest BCUT2D eigenvalue weighted by Crippen LogP contribution is 2.24. The van der Waals surface area contributed by atoms with E-state index < -0.39 is 0 Å². The molecule has 0 amide bonds. The van der Waals surface area contributed by atoms with Crippen molar-refractivity contribution in [2.45, 2.75) is 12.8 Å². The summed E-state index contributed by atoms with van der Waals surface area (Å²) >= 11 is 0. The first-order valence-corrected chi connectivity index (χ1v) is 4.85. The Morgan fingerprint density at radius 3 is 2.47 bits per heavy atom. The lowest BCUT2D eigenvalue weighted by Gasteiger charge is -2.18. The molecule has 1 aliphatic carbocycles. The number of hydrogen-bond acceptors (Lipinski definition) is 3. The van der Waals surface area contributed by atoms with E-state index in [1.165, 1.54) is 12.7 Å². The molecule has 0 saturated carbocycles. The Balaban J connectivity index is 2.35. The third-order valence-electron chi connectivity index (χ3n) is 2.69. The minimum absolute atomic E-state index is 0.318. The van der Waals surface area contributed by atoms with Gasteiger partial charge in [0.1, 0.15) is 0 Å². The molecule has 0 heterocycles. The molecule has 0 unspecified atom stereocenters. The molecular weight excluding hydrogens is 190 g/mol. The van der Waals surface area contributed by atoms with Gasteiger partial charge in [0.25, 0.3) is 0 Å². The molecule has 0 fully saturated rings. The maximum atomic E-state index is 11.4. The number of ether oxygens (including phenoxy) is 1. The number of fused-ring (bicyclic) bond motifs is 1. The Bertz CT molecular complexity index is 435. The Kier molecular flexibility index (Phi) is 2.46. The molecule has 2 rings (SSSR count). The van der Waals surface area contributed by atoms with Crippen molar-refractivity contribution in [3.63, 3.8) is 0 Å². The van der Waals surface area contributed by atoms with Gasteiger partial charge >= 0.3 is 5.97 Å². The molecule has 1 aromatic carbocycles. The molecule has 3 nitrogen and oxygen atoms in total. The summed E-state index contributed by atoms with van der Waals surface area (Å²) in [6.07, 6.45) is 1.22. The van der Waals surface area contributed by atoms with Gasteiger partial charge in [-0.05, 0) is 11.1 Å². The van der Waals surface area contributed by atoms with E-state index in [0.29, 0.717) is 24.1 Å². The number of methoxy groups -OCH3 is 1. The Hall–Kier alpha value is -1.77. The van der Waals surface area contributed by atoms with Crippen molar-refractivity contribution in [3.05, 3.63) is 46.7 Å². The molecular formula is C12H13NO2. The summed E-state index contributed by atoms with van der Waals surface area (Å²) in [5.41, 5.74) is 9.42. The van der Waals surface area contributed by atoms with Crippen LogP contribution in [-0.4, -0.2) is 13.1 Å². The molecule has 3 heteroatoms. The van der Waals surface area contributed by atoms with Gasteiger partial charge in [-0.25, -0.2) is 4.79 Å². The Labute approximate surface area is 88.5 Å². The number of benzene rings is 1. The molecule has 0 bridgehead atoms. The van der Waals surface area contributed by atoms with Crippen LogP contribution in [0.25, 0.3) is 0 Å². The summed E-state index contributed by atoms with van der Waals surface area (Å²) in [7, 11) is 1.38. The van der Waals surface area contributed by atoms with Crippen molar-refractivity contribution in [3.8, 4) is 0 Å². The normalized spacial score (nSPS) is 14.7. The van der Waals surface area contributed by atoms with Crippen molar-refractivity contribution in [2.75, 3.05) is 7.11 Å². The zero-order valence-corrected chi connectivity index (χ0v) is 8.62. The summed E-state index contributed by atoms with van der Waals surface area (Å²) in [5, 5.41) is 0. The summed E-state index contributed by atoms with van der Waals surface area (Å²) in [4.78, 5) is 11.4. The molecule has 0 saturated heterocycles. The molecule has 78 valence electrons. The summed E-state index contributed by atoms with van der Waals surface area (Å²) in [6.45, 7) is 0. The van der Waals surface area contributed by atoms with Crippen LogP contribution in [-0.2, 0) is 22.4 Å². The molecule has 15 heavy (non-hydrogen) atoms. The van der Waals surface area contributed by atoms with E-state index in [9.17, 15) is 4.79 Å². The van der Waals surface area contributed by atoms with Crippen molar-refractivity contribution in [2.24, 2.45) is 5.73 Å². The van der Waals surface area contributed by atoms with Crippen LogP contribution in [0.5, 0.6) is 0 Å². The number of hydrogen-bond donors (Lipinski definition) is 1. The van der Waals surface area contributed by atoms with Crippen LogP contribution >= 0.6 is 0 Å². The zero-order chi connectivity index (χ0) is 10.8. The van der Waals surface area contributed by atoms with E-state index in [0.717, 1.165) is 5.56 Å². The van der Waals surface area contributed by atoms with E-state index in [4.69, 9.17) is 10.5 Å². The highest BCUT2D eigenvalue weighted by molar-refractivity contribution is 5.90. The van der Waals surface area contributed by atoms with Crippen LogP contribution in [0.3, 0.4) is 0 Å². The van der Waals surface area contributed by atoms with Crippen LogP contribution in [0, 0.1) is 0 Å². The SMILES string of the molecule is COC(=O)C1=C(N)Cc2ccccc2C1. The molecule has 1 aliphatic rings. The minimum Gasteiger partial charge on any atom is -0.466 e. The summed E-state index contributed by atoms with van der Waals surface area (Å²) in [5.74, 6) is -0.318. The average Bonchev–Trinajstić information content (AvgIpc) is 2.27. The van der Waals surface area contributed by atoms with Crippen molar-refractivity contribution >= 4 is 5.97 Å². The fraction of sp³-hybridized carbons (Fsp3) is 0.250. The second-order valence-corrected chi connectivity index (χ2v) is 3.62. The Morgan fingerprint density at radius 1 is 1.27 bits per heavy atom. The summed E-state index contributed by atoms with van der Waals surface area (Å²) < 4.78 is 4.70. The predicted octanol–water partition coefficient (Wildman–Crippen LogP) is 1.17. The second kappa shape index (κ2) is 3.77. The first-order chi connectivity index (χ1) is 7.22. The molecule has 0 atom stereocenters. The van der Waals surface area contributed by atoms with Crippen LogP contribution in [0.1, 0.15) is 11.1 Å². The highest BCUT2D eigenvalue weighted by Gasteiger charge is 2.21. The first-order valence-electron chi connectivity index (χ1n) is 4.85. The molecule has 0 spiro atoms. The highest BCUT2D eigenvalue weighted by atomic mass is 16.5. The largest absolute Gasteiger partial charge is 0.466 e. The van der Waals surface area contributed by atoms with Crippen molar-refractivity contribution < 1.29 is 9.53 Å². The van der Waals surface area contributed by atoms with Gasteiger partial charge in [0.05, 0.1) is 12.7 Å². The maximum absolute atomic E-state index is 11.4. The quantitative estimate of drug-likeness (QED) is 0.697. The smallest absolute Gasteiger partial charge is 0.335 e. The standard InChI is InChI=1S/C12H13NO2/c1-15-12(14)10-6-8-4-2-3-5-9(8)7-11(10)13/h2-5H,6-7,13H2,1H3. The van der Waals surface area contributed by atoms with Gasteiger partial charge in [-0.3, -0.25) is 0 Å². The monoisotopic (exact) mass is 203 g/mol. The number of allylic oxidation sites excluding steroid dienone is 1.